The molecule has 0 radical (unpaired) electrons. The molecule has 0 aliphatic rings. The molecule has 3 nitrogen and oxygen atoms in total. The molecule has 0 spiro atoms. The first-order valence-corrected chi connectivity index (χ1v) is 7.17. The van der Waals surface area contributed by atoms with Crippen molar-refractivity contribution in [3.8, 4) is 0 Å². The van der Waals surface area contributed by atoms with E-state index < -0.39 is 0 Å². The van der Waals surface area contributed by atoms with Crippen molar-refractivity contribution < 1.29 is 5.11 Å². The standard InChI is InChI=1S/C16H28N2O/c1-6-18(7-2)15-10-8-14(9-11-15)12-17-16(4,5)13(3)19/h8-11,13,17,19H,6-7,12H2,1-5H3. The minimum absolute atomic E-state index is 0.266. The Hall–Kier alpha value is -1.06. The number of anilines is 1. The van der Waals surface area contributed by atoms with Crippen LogP contribution in [0.1, 0.15) is 40.2 Å². The highest BCUT2D eigenvalue weighted by atomic mass is 16.3. The third kappa shape index (κ3) is 4.51. The average molecular weight is 264 g/mol. The quantitative estimate of drug-likeness (QED) is 0.795. The smallest absolute Gasteiger partial charge is 0.0688 e. The van der Waals surface area contributed by atoms with Gasteiger partial charge in [0.1, 0.15) is 0 Å². The Morgan fingerprint density at radius 2 is 1.68 bits per heavy atom. The lowest BCUT2D eigenvalue weighted by Crippen LogP contribution is -2.47. The van der Waals surface area contributed by atoms with Crippen LogP contribution < -0.4 is 10.2 Å². The lowest BCUT2D eigenvalue weighted by molar-refractivity contribution is 0.0956. The normalized spacial score (nSPS) is 13.4. The second-order valence-electron chi connectivity index (χ2n) is 5.59. The van der Waals surface area contributed by atoms with Crippen molar-refractivity contribution in [3.63, 3.8) is 0 Å². The minimum atomic E-state index is -0.373. The number of aliphatic hydroxyl groups excluding tert-OH is 1. The summed E-state index contributed by atoms with van der Waals surface area (Å²) in [6, 6.07) is 8.64. The maximum Gasteiger partial charge on any atom is 0.0688 e. The summed E-state index contributed by atoms with van der Waals surface area (Å²) in [5.74, 6) is 0. The van der Waals surface area contributed by atoms with Crippen molar-refractivity contribution in [2.24, 2.45) is 0 Å². The van der Waals surface area contributed by atoms with Crippen LogP contribution in [-0.2, 0) is 6.54 Å². The summed E-state index contributed by atoms with van der Waals surface area (Å²) in [4.78, 5) is 2.33. The summed E-state index contributed by atoms with van der Waals surface area (Å²) in [6.45, 7) is 13.0. The van der Waals surface area contributed by atoms with Gasteiger partial charge in [-0.2, -0.15) is 0 Å². The highest BCUT2D eigenvalue weighted by Gasteiger charge is 2.22. The third-order valence-corrected chi connectivity index (χ3v) is 3.86. The Morgan fingerprint density at radius 1 is 1.16 bits per heavy atom. The van der Waals surface area contributed by atoms with E-state index in [1.54, 1.807) is 0 Å². The fourth-order valence-electron chi connectivity index (χ4n) is 1.89. The molecule has 0 amide bonds. The number of rotatable bonds is 7. The molecule has 0 aliphatic heterocycles. The minimum Gasteiger partial charge on any atom is -0.392 e. The largest absolute Gasteiger partial charge is 0.392 e. The van der Waals surface area contributed by atoms with Crippen molar-refractivity contribution in [1.29, 1.82) is 0 Å². The van der Waals surface area contributed by atoms with Gasteiger partial charge in [0.05, 0.1) is 6.10 Å². The molecule has 2 N–H and O–H groups in total. The molecule has 0 saturated carbocycles. The molecular weight excluding hydrogens is 236 g/mol. The molecule has 108 valence electrons. The topological polar surface area (TPSA) is 35.5 Å². The molecule has 3 heteroatoms. The van der Waals surface area contributed by atoms with Crippen molar-refractivity contribution in [1.82, 2.24) is 5.32 Å². The Kier molecular flexibility index (Phi) is 5.83. The molecule has 1 unspecified atom stereocenters. The highest BCUT2D eigenvalue weighted by molar-refractivity contribution is 5.47. The predicted molar refractivity (Wildman–Crippen MR) is 82.6 cm³/mol. The second kappa shape index (κ2) is 6.92. The van der Waals surface area contributed by atoms with Gasteiger partial charge in [-0.15, -0.1) is 0 Å². The first kappa shape index (κ1) is 16.0. The fourth-order valence-corrected chi connectivity index (χ4v) is 1.89. The molecule has 1 rings (SSSR count). The van der Waals surface area contributed by atoms with E-state index in [1.807, 2.05) is 20.8 Å². The molecule has 0 fully saturated rings. The molecule has 0 saturated heterocycles. The van der Waals surface area contributed by atoms with Crippen LogP contribution in [0.15, 0.2) is 24.3 Å². The second-order valence-corrected chi connectivity index (χ2v) is 5.59. The van der Waals surface area contributed by atoms with Gasteiger partial charge in [0.2, 0.25) is 0 Å². The molecular formula is C16H28N2O. The van der Waals surface area contributed by atoms with Crippen LogP contribution >= 0.6 is 0 Å². The predicted octanol–water partition coefficient (Wildman–Crippen LogP) is 2.78. The van der Waals surface area contributed by atoms with E-state index in [4.69, 9.17) is 0 Å². The maximum atomic E-state index is 9.67. The highest BCUT2D eigenvalue weighted by Crippen LogP contribution is 2.16. The van der Waals surface area contributed by atoms with Crippen LogP contribution in [0.25, 0.3) is 0 Å². The van der Waals surface area contributed by atoms with Crippen LogP contribution in [0.4, 0.5) is 5.69 Å². The fraction of sp³-hybridized carbons (Fsp3) is 0.625. The summed E-state index contributed by atoms with van der Waals surface area (Å²) in [5.41, 5.74) is 2.24. The lowest BCUT2D eigenvalue weighted by Gasteiger charge is -2.29. The molecule has 0 heterocycles. The van der Waals surface area contributed by atoms with E-state index in [2.05, 4.69) is 48.3 Å². The zero-order valence-electron chi connectivity index (χ0n) is 12.9. The maximum absolute atomic E-state index is 9.67. The summed E-state index contributed by atoms with van der Waals surface area (Å²) >= 11 is 0. The van der Waals surface area contributed by atoms with Crippen molar-refractivity contribution in [2.45, 2.75) is 52.8 Å². The average Bonchev–Trinajstić information content (AvgIpc) is 2.39. The Bertz CT molecular complexity index is 367. The Balaban J connectivity index is 2.62. The van der Waals surface area contributed by atoms with E-state index in [-0.39, 0.29) is 11.6 Å². The van der Waals surface area contributed by atoms with Crippen LogP contribution in [0, 0.1) is 0 Å². The van der Waals surface area contributed by atoms with Crippen molar-refractivity contribution >= 4 is 5.69 Å². The van der Waals surface area contributed by atoms with Crippen LogP contribution in [0.2, 0.25) is 0 Å². The van der Waals surface area contributed by atoms with Crippen LogP contribution in [0.3, 0.4) is 0 Å². The van der Waals surface area contributed by atoms with Gasteiger partial charge in [0, 0.05) is 30.9 Å². The number of nitrogens with one attached hydrogen (secondary N) is 1. The first-order valence-electron chi connectivity index (χ1n) is 7.17. The summed E-state index contributed by atoms with van der Waals surface area (Å²) in [7, 11) is 0. The van der Waals surface area contributed by atoms with Gasteiger partial charge in [0.25, 0.3) is 0 Å². The molecule has 19 heavy (non-hydrogen) atoms. The van der Waals surface area contributed by atoms with Gasteiger partial charge in [-0.3, -0.25) is 0 Å². The van der Waals surface area contributed by atoms with E-state index in [0.29, 0.717) is 0 Å². The molecule has 0 aliphatic carbocycles. The van der Waals surface area contributed by atoms with Gasteiger partial charge >= 0.3 is 0 Å². The summed E-state index contributed by atoms with van der Waals surface area (Å²) in [5, 5.41) is 13.1. The zero-order chi connectivity index (χ0) is 14.5. The third-order valence-electron chi connectivity index (χ3n) is 3.86. The molecule has 0 bridgehead atoms. The van der Waals surface area contributed by atoms with Gasteiger partial charge in [0.15, 0.2) is 0 Å². The van der Waals surface area contributed by atoms with E-state index in [9.17, 15) is 5.11 Å². The molecule has 0 aromatic heterocycles. The van der Waals surface area contributed by atoms with Gasteiger partial charge in [-0.25, -0.2) is 0 Å². The molecule has 1 aromatic rings. The van der Waals surface area contributed by atoms with E-state index >= 15 is 0 Å². The van der Waals surface area contributed by atoms with E-state index in [0.717, 1.165) is 19.6 Å². The number of aliphatic hydroxyl groups is 1. The van der Waals surface area contributed by atoms with Gasteiger partial charge in [-0.1, -0.05) is 12.1 Å². The SMILES string of the molecule is CCN(CC)c1ccc(CNC(C)(C)C(C)O)cc1. The molecule has 1 aromatic carbocycles. The number of hydrogen-bond acceptors (Lipinski definition) is 3. The number of benzene rings is 1. The van der Waals surface area contributed by atoms with Gasteiger partial charge < -0.3 is 15.3 Å². The monoisotopic (exact) mass is 264 g/mol. The Morgan fingerprint density at radius 3 is 2.11 bits per heavy atom. The van der Waals surface area contributed by atoms with Gasteiger partial charge in [-0.05, 0) is 52.3 Å². The van der Waals surface area contributed by atoms with Crippen molar-refractivity contribution in [2.75, 3.05) is 18.0 Å². The summed E-state index contributed by atoms with van der Waals surface area (Å²) in [6.07, 6.45) is -0.373. The van der Waals surface area contributed by atoms with Crippen molar-refractivity contribution in [3.05, 3.63) is 29.8 Å². The molecule has 1 atom stereocenters. The Labute approximate surface area is 117 Å². The van der Waals surface area contributed by atoms with E-state index in [1.165, 1.54) is 11.3 Å². The number of hydrogen-bond donors (Lipinski definition) is 2. The summed E-state index contributed by atoms with van der Waals surface area (Å²) < 4.78 is 0. The zero-order valence-corrected chi connectivity index (χ0v) is 12.9. The number of nitrogens with zero attached hydrogens (tertiary/aromatic N) is 1. The lowest BCUT2D eigenvalue weighted by atomic mass is 9.98. The van der Waals surface area contributed by atoms with Crippen LogP contribution in [-0.4, -0.2) is 29.8 Å². The first-order chi connectivity index (χ1) is 8.90. The van der Waals surface area contributed by atoms with Crippen LogP contribution in [0.5, 0.6) is 0 Å².